The Labute approximate surface area is 180 Å². The van der Waals surface area contributed by atoms with Crippen molar-refractivity contribution in [2.45, 2.75) is 78.5 Å². The number of guanidine groups is 1. The van der Waals surface area contributed by atoms with E-state index in [2.05, 4.69) is 46.5 Å². The Morgan fingerprint density at radius 3 is 2.67 bits per heavy atom. The smallest absolute Gasteiger partial charge is 0.410 e. The van der Waals surface area contributed by atoms with E-state index in [1.807, 2.05) is 25.5 Å². The molecule has 0 fully saturated rings. The van der Waals surface area contributed by atoms with Gasteiger partial charge in [-0.15, -0.1) is 0 Å². The predicted molar refractivity (Wildman–Crippen MR) is 119 cm³/mol. The normalized spacial score (nSPS) is 18.0. The lowest BCUT2D eigenvalue weighted by Gasteiger charge is -2.28. The lowest BCUT2D eigenvalue weighted by molar-refractivity contribution is 0.0278. The SMILES string of the molecule is CN=C(NCC(C)CN(C)C(=O)OC(C)(C)C)NC1CCc2nc(C(C)C)nn2C1. The molecule has 1 aromatic rings. The van der Waals surface area contributed by atoms with Crippen LogP contribution in [-0.4, -0.2) is 70.5 Å². The van der Waals surface area contributed by atoms with Gasteiger partial charge >= 0.3 is 6.09 Å². The van der Waals surface area contributed by atoms with E-state index in [4.69, 9.17) is 4.74 Å². The fourth-order valence-electron chi connectivity index (χ4n) is 3.30. The zero-order chi connectivity index (χ0) is 22.5. The van der Waals surface area contributed by atoms with Crippen LogP contribution in [-0.2, 0) is 17.7 Å². The number of carbonyl (C=O) groups excluding carboxylic acids is 1. The molecule has 9 heteroatoms. The van der Waals surface area contributed by atoms with Gasteiger partial charge in [0.1, 0.15) is 11.4 Å². The second kappa shape index (κ2) is 10.1. The molecule has 1 aliphatic heterocycles. The van der Waals surface area contributed by atoms with Crippen LogP contribution in [0.15, 0.2) is 4.99 Å². The van der Waals surface area contributed by atoms with Crippen LogP contribution in [0, 0.1) is 5.92 Å². The number of amides is 1. The van der Waals surface area contributed by atoms with E-state index >= 15 is 0 Å². The van der Waals surface area contributed by atoms with E-state index in [1.165, 1.54) is 0 Å². The average Bonchev–Trinajstić information content (AvgIpc) is 3.07. The van der Waals surface area contributed by atoms with Crippen molar-refractivity contribution in [3.8, 4) is 0 Å². The molecule has 0 radical (unpaired) electrons. The molecule has 30 heavy (non-hydrogen) atoms. The summed E-state index contributed by atoms with van der Waals surface area (Å²) in [6, 6.07) is 0.255. The maximum Gasteiger partial charge on any atom is 0.410 e. The minimum Gasteiger partial charge on any atom is -0.444 e. The highest BCUT2D eigenvalue weighted by molar-refractivity contribution is 5.80. The van der Waals surface area contributed by atoms with Crippen LogP contribution < -0.4 is 10.6 Å². The molecule has 170 valence electrons. The van der Waals surface area contributed by atoms with Crippen LogP contribution in [0.2, 0.25) is 0 Å². The van der Waals surface area contributed by atoms with Gasteiger partial charge in [0.05, 0.1) is 6.54 Å². The summed E-state index contributed by atoms with van der Waals surface area (Å²) in [6.07, 6.45) is 1.60. The molecule has 9 nitrogen and oxygen atoms in total. The minimum atomic E-state index is -0.487. The Morgan fingerprint density at radius 1 is 1.37 bits per heavy atom. The molecule has 2 unspecified atom stereocenters. The summed E-state index contributed by atoms with van der Waals surface area (Å²) < 4.78 is 7.43. The monoisotopic (exact) mass is 421 g/mol. The van der Waals surface area contributed by atoms with Crippen LogP contribution in [0.3, 0.4) is 0 Å². The van der Waals surface area contributed by atoms with Crippen molar-refractivity contribution in [1.29, 1.82) is 0 Å². The highest BCUT2D eigenvalue weighted by Crippen LogP contribution is 2.17. The van der Waals surface area contributed by atoms with Gasteiger partial charge in [0.25, 0.3) is 0 Å². The predicted octanol–water partition coefficient (Wildman–Crippen LogP) is 2.38. The Hall–Kier alpha value is -2.32. The van der Waals surface area contributed by atoms with Crippen LogP contribution in [0.4, 0.5) is 4.79 Å². The first-order valence-corrected chi connectivity index (χ1v) is 10.8. The summed E-state index contributed by atoms with van der Waals surface area (Å²) in [4.78, 5) is 22.7. The van der Waals surface area contributed by atoms with Gasteiger partial charge in [-0.1, -0.05) is 20.8 Å². The largest absolute Gasteiger partial charge is 0.444 e. The topological polar surface area (TPSA) is 96.7 Å². The first-order chi connectivity index (χ1) is 14.0. The first kappa shape index (κ1) is 24.0. The van der Waals surface area contributed by atoms with Crippen molar-refractivity contribution in [2.75, 3.05) is 27.2 Å². The minimum absolute atomic E-state index is 0.239. The summed E-state index contributed by atoms with van der Waals surface area (Å²) in [6.45, 7) is 14.0. The van der Waals surface area contributed by atoms with Crippen LogP contribution in [0.25, 0.3) is 0 Å². The molecule has 1 aliphatic rings. The van der Waals surface area contributed by atoms with E-state index in [-0.39, 0.29) is 18.1 Å². The molecule has 0 aliphatic carbocycles. The fourth-order valence-corrected chi connectivity index (χ4v) is 3.30. The molecule has 0 aromatic carbocycles. The third kappa shape index (κ3) is 7.18. The number of carbonyl (C=O) groups is 1. The summed E-state index contributed by atoms with van der Waals surface area (Å²) in [5.74, 6) is 3.32. The maximum atomic E-state index is 12.1. The number of aromatic nitrogens is 3. The third-order valence-electron chi connectivity index (χ3n) is 4.86. The van der Waals surface area contributed by atoms with Gasteiger partial charge < -0.3 is 20.3 Å². The summed E-state index contributed by atoms with van der Waals surface area (Å²) in [7, 11) is 3.54. The van der Waals surface area contributed by atoms with Crippen molar-refractivity contribution < 1.29 is 9.53 Å². The van der Waals surface area contributed by atoms with Crippen molar-refractivity contribution in [2.24, 2.45) is 10.9 Å². The quantitative estimate of drug-likeness (QED) is 0.541. The number of hydrogen-bond acceptors (Lipinski definition) is 5. The molecule has 2 atom stereocenters. The van der Waals surface area contributed by atoms with E-state index < -0.39 is 5.60 Å². The fraction of sp³-hybridized carbons (Fsp3) is 0.810. The van der Waals surface area contributed by atoms with E-state index in [1.54, 1.807) is 19.0 Å². The third-order valence-corrected chi connectivity index (χ3v) is 4.86. The van der Waals surface area contributed by atoms with Gasteiger partial charge in [0.2, 0.25) is 0 Å². The molecular formula is C21H39N7O2. The molecule has 2 heterocycles. The molecule has 2 N–H and O–H groups in total. The van der Waals surface area contributed by atoms with Crippen molar-refractivity contribution in [3.05, 3.63) is 11.6 Å². The molecule has 0 saturated carbocycles. The molecule has 1 amide bonds. The van der Waals surface area contributed by atoms with Gasteiger partial charge in [-0.25, -0.2) is 14.5 Å². The molecule has 0 saturated heterocycles. The Kier molecular flexibility index (Phi) is 8.09. The van der Waals surface area contributed by atoms with Crippen LogP contribution in [0.5, 0.6) is 0 Å². The summed E-state index contributed by atoms with van der Waals surface area (Å²) in [5, 5.41) is 11.5. The summed E-state index contributed by atoms with van der Waals surface area (Å²) >= 11 is 0. The zero-order valence-corrected chi connectivity index (χ0v) is 19.8. The second-order valence-electron chi connectivity index (χ2n) is 9.52. The molecule has 1 aromatic heterocycles. The molecule has 2 rings (SSSR count). The van der Waals surface area contributed by atoms with Gasteiger partial charge in [-0.2, -0.15) is 5.10 Å². The van der Waals surface area contributed by atoms with E-state index in [9.17, 15) is 4.79 Å². The second-order valence-corrected chi connectivity index (χ2v) is 9.52. The molecular weight excluding hydrogens is 382 g/mol. The van der Waals surface area contributed by atoms with Crippen molar-refractivity contribution >= 4 is 12.1 Å². The summed E-state index contributed by atoms with van der Waals surface area (Å²) in [5.41, 5.74) is -0.487. The standard InChI is InChI=1S/C21H39N7O2/c1-14(2)18-25-17-10-9-16(13-28(17)26-18)24-19(22-7)23-11-15(3)12-27(8)20(29)30-21(4,5)6/h14-16H,9-13H2,1-8H3,(H2,22,23,24). The van der Waals surface area contributed by atoms with Crippen LogP contribution >= 0.6 is 0 Å². The van der Waals surface area contributed by atoms with Gasteiger partial charge in [0, 0.05) is 45.6 Å². The van der Waals surface area contributed by atoms with Crippen LogP contribution in [0.1, 0.15) is 65.5 Å². The van der Waals surface area contributed by atoms with Crippen molar-refractivity contribution in [1.82, 2.24) is 30.3 Å². The lowest BCUT2D eigenvalue weighted by Crippen LogP contribution is -2.48. The number of rotatable bonds is 6. The number of nitrogens with one attached hydrogen (secondary N) is 2. The maximum absolute atomic E-state index is 12.1. The van der Waals surface area contributed by atoms with Gasteiger partial charge in [-0.05, 0) is 33.1 Å². The van der Waals surface area contributed by atoms with Gasteiger partial charge in [0.15, 0.2) is 11.8 Å². The van der Waals surface area contributed by atoms with E-state index in [0.29, 0.717) is 19.0 Å². The Bertz CT molecular complexity index is 736. The number of fused-ring (bicyclic) bond motifs is 1. The first-order valence-electron chi connectivity index (χ1n) is 10.8. The number of aliphatic imine (C=N–C) groups is 1. The lowest BCUT2D eigenvalue weighted by atomic mass is 10.1. The zero-order valence-electron chi connectivity index (χ0n) is 19.8. The van der Waals surface area contributed by atoms with Gasteiger partial charge in [-0.3, -0.25) is 4.99 Å². The molecule has 0 spiro atoms. The molecule has 0 bridgehead atoms. The van der Waals surface area contributed by atoms with Crippen molar-refractivity contribution in [3.63, 3.8) is 0 Å². The average molecular weight is 422 g/mol. The number of nitrogens with zero attached hydrogens (tertiary/aromatic N) is 5. The highest BCUT2D eigenvalue weighted by atomic mass is 16.6. The highest BCUT2D eigenvalue weighted by Gasteiger charge is 2.24. The van der Waals surface area contributed by atoms with E-state index in [0.717, 1.165) is 37.0 Å². The number of aryl methyl sites for hydroxylation is 1. The number of hydrogen-bond donors (Lipinski definition) is 2. The number of ether oxygens (including phenoxy) is 1. The Morgan fingerprint density at radius 2 is 2.07 bits per heavy atom. The Balaban J connectivity index is 1.80.